The van der Waals surface area contributed by atoms with Gasteiger partial charge in [-0.1, -0.05) is 18.6 Å². The van der Waals surface area contributed by atoms with Gasteiger partial charge in [-0.15, -0.1) is 0 Å². The summed E-state index contributed by atoms with van der Waals surface area (Å²) in [6, 6.07) is 7.34. The van der Waals surface area contributed by atoms with Crippen molar-refractivity contribution in [3.63, 3.8) is 0 Å². The van der Waals surface area contributed by atoms with Gasteiger partial charge in [0.05, 0.1) is 5.75 Å². The van der Waals surface area contributed by atoms with Crippen LogP contribution in [-0.4, -0.2) is 32.7 Å². The van der Waals surface area contributed by atoms with Gasteiger partial charge in [-0.25, -0.2) is 8.42 Å². The van der Waals surface area contributed by atoms with Crippen molar-refractivity contribution in [3.8, 4) is 0 Å². The molecule has 3 N–H and O–H groups in total. The van der Waals surface area contributed by atoms with Crippen LogP contribution in [0.3, 0.4) is 0 Å². The van der Waals surface area contributed by atoms with E-state index in [4.69, 9.17) is 5.73 Å². The van der Waals surface area contributed by atoms with Crippen LogP contribution >= 0.6 is 0 Å². The van der Waals surface area contributed by atoms with E-state index < -0.39 is 9.84 Å². The Kier molecular flexibility index (Phi) is 4.97. The summed E-state index contributed by atoms with van der Waals surface area (Å²) in [4.78, 5) is 12.6. The smallest absolute Gasteiger partial charge is 0.251 e. The van der Waals surface area contributed by atoms with Crippen LogP contribution < -0.4 is 11.1 Å². The lowest BCUT2D eigenvalue weighted by molar-refractivity contribution is 0.0756. The molecule has 2 aliphatic rings. The van der Waals surface area contributed by atoms with Crippen LogP contribution in [-0.2, 0) is 15.6 Å². The first-order chi connectivity index (χ1) is 11.3. The van der Waals surface area contributed by atoms with Crippen molar-refractivity contribution in [1.82, 2.24) is 5.32 Å². The lowest BCUT2D eigenvalue weighted by atomic mass is 9.67. The molecule has 3 rings (SSSR count). The molecule has 132 valence electrons. The van der Waals surface area contributed by atoms with Crippen LogP contribution in [0.5, 0.6) is 0 Å². The minimum absolute atomic E-state index is 0.000436. The summed E-state index contributed by atoms with van der Waals surface area (Å²) < 4.78 is 22.7. The Balaban J connectivity index is 1.66. The Bertz CT molecular complexity index is 685. The molecule has 0 aliphatic heterocycles. The summed E-state index contributed by atoms with van der Waals surface area (Å²) in [5.74, 6) is 0.903. The van der Waals surface area contributed by atoms with Gasteiger partial charge in [0.2, 0.25) is 0 Å². The summed E-state index contributed by atoms with van der Waals surface area (Å²) in [5, 5.41) is 3.21. The molecule has 2 aliphatic carbocycles. The zero-order valence-corrected chi connectivity index (χ0v) is 14.9. The van der Waals surface area contributed by atoms with Crippen molar-refractivity contribution < 1.29 is 13.2 Å². The SMILES string of the molecule is CS(=O)(=O)Cc1ccc(C(=O)NC2C3CCCC2CC(N)C3)cc1. The number of nitrogens with one attached hydrogen (secondary N) is 1. The molecule has 2 bridgehead atoms. The second kappa shape index (κ2) is 6.84. The number of rotatable bonds is 4. The molecule has 2 atom stereocenters. The predicted molar refractivity (Wildman–Crippen MR) is 94.3 cm³/mol. The number of nitrogens with two attached hydrogens (primary N) is 1. The molecular formula is C18H26N2O3S. The first-order valence-corrected chi connectivity index (χ1v) is 10.7. The third-order valence-electron chi connectivity index (χ3n) is 5.32. The molecule has 6 heteroatoms. The molecule has 0 heterocycles. The van der Waals surface area contributed by atoms with Crippen molar-refractivity contribution in [3.05, 3.63) is 35.4 Å². The molecule has 5 nitrogen and oxygen atoms in total. The third-order valence-corrected chi connectivity index (χ3v) is 6.18. The topological polar surface area (TPSA) is 89.3 Å². The van der Waals surface area contributed by atoms with E-state index in [1.807, 2.05) is 0 Å². The molecule has 1 amide bonds. The summed E-state index contributed by atoms with van der Waals surface area (Å²) >= 11 is 0. The number of benzene rings is 1. The van der Waals surface area contributed by atoms with Crippen molar-refractivity contribution in [2.75, 3.05) is 6.26 Å². The Morgan fingerprint density at radius 1 is 1.17 bits per heavy atom. The minimum Gasteiger partial charge on any atom is -0.349 e. The molecule has 0 radical (unpaired) electrons. The molecule has 0 spiro atoms. The molecule has 2 saturated carbocycles. The third kappa shape index (κ3) is 4.16. The molecule has 1 aromatic carbocycles. The Labute approximate surface area is 143 Å². The van der Waals surface area contributed by atoms with E-state index in [1.54, 1.807) is 24.3 Å². The highest BCUT2D eigenvalue weighted by molar-refractivity contribution is 7.89. The normalized spacial score (nSPS) is 29.9. The van der Waals surface area contributed by atoms with Gasteiger partial charge < -0.3 is 11.1 Å². The highest BCUT2D eigenvalue weighted by atomic mass is 32.2. The molecule has 0 aromatic heterocycles. The van der Waals surface area contributed by atoms with E-state index in [1.165, 1.54) is 12.7 Å². The monoisotopic (exact) mass is 350 g/mol. The first-order valence-electron chi connectivity index (χ1n) is 8.65. The van der Waals surface area contributed by atoms with Gasteiger partial charge in [0.1, 0.15) is 0 Å². The van der Waals surface area contributed by atoms with Crippen LogP contribution in [0.1, 0.15) is 48.0 Å². The van der Waals surface area contributed by atoms with Gasteiger partial charge in [-0.3, -0.25) is 4.79 Å². The van der Waals surface area contributed by atoms with Gasteiger partial charge in [0, 0.05) is 23.9 Å². The van der Waals surface area contributed by atoms with Crippen molar-refractivity contribution in [2.45, 2.75) is 49.9 Å². The largest absolute Gasteiger partial charge is 0.349 e. The van der Waals surface area contributed by atoms with Crippen LogP contribution in [0, 0.1) is 11.8 Å². The molecular weight excluding hydrogens is 324 g/mol. The quantitative estimate of drug-likeness (QED) is 0.867. The van der Waals surface area contributed by atoms with Gasteiger partial charge in [-0.05, 0) is 55.2 Å². The van der Waals surface area contributed by atoms with Crippen LogP contribution in [0.4, 0.5) is 0 Å². The minimum atomic E-state index is -3.06. The lowest BCUT2D eigenvalue weighted by Gasteiger charge is -2.45. The van der Waals surface area contributed by atoms with Gasteiger partial charge >= 0.3 is 0 Å². The number of carbonyl (C=O) groups excluding carboxylic acids is 1. The van der Waals surface area contributed by atoms with E-state index in [2.05, 4.69) is 5.32 Å². The van der Waals surface area contributed by atoms with Gasteiger partial charge in [0.15, 0.2) is 9.84 Å². The molecule has 2 unspecified atom stereocenters. The lowest BCUT2D eigenvalue weighted by Crippen LogP contribution is -2.53. The van der Waals surface area contributed by atoms with Crippen molar-refractivity contribution in [2.24, 2.45) is 17.6 Å². The zero-order chi connectivity index (χ0) is 17.3. The number of carbonyl (C=O) groups is 1. The molecule has 2 fully saturated rings. The maximum atomic E-state index is 12.6. The van der Waals surface area contributed by atoms with E-state index in [0.717, 1.165) is 25.7 Å². The maximum Gasteiger partial charge on any atom is 0.251 e. The Morgan fingerprint density at radius 3 is 2.29 bits per heavy atom. The number of hydrogen-bond acceptors (Lipinski definition) is 4. The van der Waals surface area contributed by atoms with Crippen molar-refractivity contribution in [1.29, 1.82) is 0 Å². The summed E-state index contributed by atoms with van der Waals surface area (Å²) in [5.41, 5.74) is 7.42. The zero-order valence-electron chi connectivity index (χ0n) is 14.1. The summed E-state index contributed by atoms with van der Waals surface area (Å²) in [6.07, 6.45) is 6.71. The van der Waals surface area contributed by atoms with E-state index in [9.17, 15) is 13.2 Å². The number of amides is 1. The van der Waals surface area contributed by atoms with E-state index in [-0.39, 0.29) is 23.7 Å². The predicted octanol–water partition coefficient (Wildman–Crippen LogP) is 1.87. The summed E-state index contributed by atoms with van der Waals surface area (Å²) in [7, 11) is -3.06. The maximum absolute atomic E-state index is 12.6. The number of sulfone groups is 1. The fourth-order valence-corrected chi connectivity index (χ4v) is 5.11. The average molecular weight is 350 g/mol. The second-order valence-electron chi connectivity index (χ2n) is 7.45. The molecule has 0 saturated heterocycles. The van der Waals surface area contributed by atoms with Crippen LogP contribution in [0.2, 0.25) is 0 Å². The van der Waals surface area contributed by atoms with E-state index in [0.29, 0.717) is 23.0 Å². The Hall–Kier alpha value is -1.40. The molecule has 1 aromatic rings. The standard InChI is InChI=1S/C18H26N2O3S/c1-24(22,23)11-12-5-7-13(8-6-12)18(21)20-17-14-3-2-4-15(17)10-16(19)9-14/h5-8,14-17H,2-4,9-11,19H2,1H3,(H,20,21). The van der Waals surface area contributed by atoms with Gasteiger partial charge in [0.25, 0.3) is 5.91 Å². The summed E-state index contributed by atoms with van der Waals surface area (Å²) in [6.45, 7) is 0. The van der Waals surface area contributed by atoms with Gasteiger partial charge in [-0.2, -0.15) is 0 Å². The Morgan fingerprint density at radius 2 is 1.75 bits per heavy atom. The second-order valence-corrected chi connectivity index (χ2v) is 9.59. The van der Waals surface area contributed by atoms with Crippen LogP contribution in [0.15, 0.2) is 24.3 Å². The first kappa shape index (κ1) is 17.4. The van der Waals surface area contributed by atoms with Crippen LogP contribution in [0.25, 0.3) is 0 Å². The number of hydrogen-bond donors (Lipinski definition) is 2. The fraction of sp³-hybridized carbons (Fsp3) is 0.611. The fourth-order valence-electron chi connectivity index (χ4n) is 4.31. The van der Waals surface area contributed by atoms with E-state index >= 15 is 0 Å². The average Bonchev–Trinajstić information content (AvgIpc) is 2.47. The highest BCUT2D eigenvalue weighted by Gasteiger charge is 2.39. The number of fused-ring (bicyclic) bond motifs is 2. The highest BCUT2D eigenvalue weighted by Crippen LogP contribution is 2.39. The molecule has 24 heavy (non-hydrogen) atoms. The van der Waals surface area contributed by atoms with Crippen molar-refractivity contribution >= 4 is 15.7 Å².